The first-order valence-electron chi connectivity index (χ1n) is 5.67. The predicted molar refractivity (Wildman–Crippen MR) is 69.0 cm³/mol. The zero-order chi connectivity index (χ0) is 13.2. The van der Waals surface area contributed by atoms with E-state index in [-0.39, 0.29) is 0 Å². The van der Waals surface area contributed by atoms with Gasteiger partial charge in [0.15, 0.2) is 0 Å². The Morgan fingerprint density at radius 1 is 1.22 bits per heavy atom. The topological polar surface area (TPSA) is 51.5 Å². The van der Waals surface area contributed by atoms with Crippen LogP contribution in [0.2, 0.25) is 5.02 Å². The van der Waals surface area contributed by atoms with Crippen LogP contribution < -0.4 is 4.74 Å². The summed E-state index contributed by atoms with van der Waals surface area (Å²) in [5, 5.41) is 9.44. The number of hydrogen-bond donors (Lipinski definition) is 0. The van der Waals surface area contributed by atoms with E-state index < -0.39 is 0 Å². The van der Waals surface area contributed by atoms with Crippen LogP contribution in [0.4, 0.5) is 0 Å². The summed E-state index contributed by atoms with van der Waals surface area (Å²) in [5.41, 5.74) is 0.447. The van der Waals surface area contributed by atoms with Crippen molar-refractivity contribution in [1.82, 2.24) is 0 Å². The molecule has 0 heterocycles. The molecular weight excluding hydrogens is 254 g/mol. The van der Waals surface area contributed by atoms with Crippen molar-refractivity contribution in [2.24, 2.45) is 0 Å². The number of nitriles is 1. The SMILES string of the molecule is COCCOCCCOc1ccc(Cl)cc1C#N. The lowest BCUT2D eigenvalue weighted by atomic mass is 10.2. The van der Waals surface area contributed by atoms with Crippen molar-refractivity contribution in [2.45, 2.75) is 6.42 Å². The standard InChI is InChI=1S/C13H16ClNO3/c1-16-7-8-17-5-2-6-18-13-4-3-12(14)9-11(13)10-15/h3-4,9H,2,5-8H2,1H3. The van der Waals surface area contributed by atoms with E-state index in [0.717, 1.165) is 6.42 Å². The van der Waals surface area contributed by atoms with Gasteiger partial charge in [-0.2, -0.15) is 5.26 Å². The number of methoxy groups -OCH3 is 1. The molecule has 0 radical (unpaired) electrons. The van der Waals surface area contributed by atoms with Crippen molar-refractivity contribution < 1.29 is 14.2 Å². The summed E-state index contributed by atoms with van der Waals surface area (Å²) in [6.45, 7) is 2.29. The van der Waals surface area contributed by atoms with Crippen LogP contribution >= 0.6 is 11.6 Å². The van der Waals surface area contributed by atoms with E-state index >= 15 is 0 Å². The molecule has 4 nitrogen and oxygen atoms in total. The normalized spacial score (nSPS) is 10.1. The third kappa shape index (κ3) is 5.37. The highest BCUT2D eigenvalue weighted by molar-refractivity contribution is 6.30. The fraction of sp³-hybridized carbons (Fsp3) is 0.462. The maximum absolute atomic E-state index is 8.92. The van der Waals surface area contributed by atoms with E-state index in [1.165, 1.54) is 0 Å². The summed E-state index contributed by atoms with van der Waals surface area (Å²) in [5.74, 6) is 0.554. The van der Waals surface area contributed by atoms with E-state index in [4.69, 9.17) is 31.1 Å². The smallest absolute Gasteiger partial charge is 0.137 e. The minimum Gasteiger partial charge on any atom is -0.492 e. The second-order valence-electron chi connectivity index (χ2n) is 3.56. The van der Waals surface area contributed by atoms with Crippen molar-refractivity contribution in [1.29, 1.82) is 5.26 Å². The number of ether oxygens (including phenoxy) is 3. The van der Waals surface area contributed by atoms with Crippen LogP contribution in [0.1, 0.15) is 12.0 Å². The van der Waals surface area contributed by atoms with Gasteiger partial charge in [-0.05, 0) is 18.2 Å². The van der Waals surface area contributed by atoms with Gasteiger partial charge in [0.1, 0.15) is 11.8 Å². The highest BCUT2D eigenvalue weighted by atomic mass is 35.5. The highest BCUT2D eigenvalue weighted by Crippen LogP contribution is 2.22. The molecule has 0 spiro atoms. The van der Waals surface area contributed by atoms with E-state index in [0.29, 0.717) is 42.8 Å². The molecule has 0 N–H and O–H groups in total. The second-order valence-corrected chi connectivity index (χ2v) is 4.00. The predicted octanol–water partition coefficient (Wildman–Crippen LogP) is 2.64. The first-order valence-corrected chi connectivity index (χ1v) is 6.05. The molecule has 0 amide bonds. The Hall–Kier alpha value is -1.28. The van der Waals surface area contributed by atoms with Crippen molar-refractivity contribution in [3.05, 3.63) is 28.8 Å². The molecule has 0 fully saturated rings. The summed E-state index contributed by atoms with van der Waals surface area (Å²) >= 11 is 5.79. The minimum atomic E-state index is 0.447. The molecule has 0 unspecified atom stereocenters. The molecule has 0 saturated carbocycles. The quantitative estimate of drug-likeness (QED) is 0.681. The maximum Gasteiger partial charge on any atom is 0.137 e. The van der Waals surface area contributed by atoms with Crippen LogP contribution in [-0.4, -0.2) is 33.5 Å². The molecule has 0 bridgehead atoms. The van der Waals surface area contributed by atoms with E-state index in [1.807, 2.05) is 6.07 Å². The number of rotatable bonds is 8. The number of hydrogen-bond acceptors (Lipinski definition) is 4. The zero-order valence-corrected chi connectivity index (χ0v) is 11.1. The van der Waals surface area contributed by atoms with Gasteiger partial charge in [-0.3, -0.25) is 0 Å². The molecule has 0 aromatic heterocycles. The van der Waals surface area contributed by atoms with Gasteiger partial charge in [0, 0.05) is 25.2 Å². The first-order chi connectivity index (χ1) is 8.77. The van der Waals surface area contributed by atoms with Crippen LogP contribution in [0.25, 0.3) is 0 Å². The summed E-state index contributed by atoms with van der Waals surface area (Å²) in [6.07, 6.45) is 0.761. The lowest BCUT2D eigenvalue weighted by molar-refractivity contribution is 0.0644. The lowest BCUT2D eigenvalue weighted by Gasteiger charge is -2.08. The fourth-order valence-corrected chi connectivity index (χ4v) is 1.47. The van der Waals surface area contributed by atoms with E-state index in [9.17, 15) is 0 Å². The van der Waals surface area contributed by atoms with Crippen molar-refractivity contribution in [3.8, 4) is 11.8 Å². The summed E-state index contributed by atoms with van der Waals surface area (Å²) in [6, 6.07) is 7.04. The summed E-state index contributed by atoms with van der Waals surface area (Å²) < 4.78 is 15.6. The van der Waals surface area contributed by atoms with Crippen LogP contribution in [-0.2, 0) is 9.47 Å². The van der Waals surface area contributed by atoms with Gasteiger partial charge in [-0.1, -0.05) is 11.6 Å². The van der Waals surface area contributed by atoms with Crippen molar-refractivity contribution in [2.75, 3.05) is 33.5 Å². The largest absolute Gasteiger partial charge is 0.492 e. The van der Waals surface area contributed by atoms with Crippen molar-refractivity contribution in [3.63, 3.8) is 0 Å². The van der Waals surface area contributed by atoms with Crippen LogP contribution in [0.5, 0.6) is 5.75 Å². The third-order valence-electron chi connectivity index (χ3n) is 2.18. The Morgan fingerprint density at radius 2 is 2.06 bits per heavy atom. The molecule has 0 aliphatic carbocycles. The van der Waals surface area contributed by atoms with Gasteiger partial charge in [-0.15, -0.1) is 0 Å². The molecule has 1 rings (SSSR count). The fourth-order valence-electron chi connectivity index (χ4n) is 1.30. The van der Waals surface area contributed by atoms with Crippen LogP contribution in [0, 0.1) is 11.3 Å². The Bertz CT molecular complexity index is 404. The monoisotopic (exact) mass is 269 g/mol. The molecule has 98 valence electrons. The molecule has 5 heteroatoms. The molecule has 0 aliphatic heterocycles. The molecular formula is C13H16ClNO3. The molecule has 18 heavy (non-hydrogen) atoms. The molecule has 0 atom stereocenters. The maximum atomic E-state index is 8.92. The van der Waals surface area contributed by atoms with Crippen LogP contribution in [0.3, 0.4) is 0 Å². The second kappa shape index (κ2) is 8.76. The van der Waals surface area contributed by atoms with Gasteiger partial charge in [-0.25, -0.2) is 0 Å². The molecule has 1 aromatic carbocycles. The molecule has 1 aromatic rings. The first kappa shape index (κ1) is 14.8. The average Bonchev–Trinajstić information content (AvgIpc) is 2.39. The Balaban J connectivity index is 2.25. The van der Waals surface area contributed by atoms with Crippen LogP contribution in [0.15, 0.2) is 18.2 Å². The summed E-state index contributed by atoms with van der Waals surface area (Å²) in [7, 11) is 1.64. The van der Waals surface area contributed by atoms with Crippen molar-refractivity contribution >= 4 is 11.6 Å². The van der Waals surface area contributed by atoms with E-state index in [2.05, 4.69) is 0 Å². The van der Waals surface area contributed by atoms with Gasteiger partial charge < -0.3 is 14.2 Å². The van der Waals surface area contributed by atoms with Gasteiger partial charge in [0.25, 0.3) is 0 Å². The van der Waals surface area contributed by atoms with Gasteiger partial charge in [0.2, 0.25) is 0 Å². The number of nitrogens with zero attached hydrogens (tertiary/aromatic N) is 1. The third-order valence-corrected chi connectivity index (χ3v) is 2.42. The summed E-state index contributed by atoms with van der Waals surface area (Å²) in [4.78, 5) is 0. The zero-order valence-electron chi connectivity index (χ0n) is 10.3. The Kier molecular flexibility index (Phi) is 7.19. The Morgan fingerprint density at radius 3 is 2.78 bits per heavy atom. The van der Waals surface area contributed by atoms with Gasteiger partial charge in [0.05, 0.1) is 25.4 Å². The number of halogens is 1. The Labute approximate surface area is 112 Å². The van der Waals surface area contributed by atoms with E-state index in [1.54, 1.807) is 25.3 Å². The molecule has 0 aliphatic rings. The van der Waals surface area contributed by atoms with Gasteiger partial charge >= 0.3 is 0 Å². The minimum absolute atomic E-state index is 0.447. The highest BCUT2D eigenvalue weighted by Gasteiger charge is 2.03. The average molecular weight is 270 g/mol. The molecule has 0 saturated heterocycles. The number of benzene rings is 1. The lowest BCUT2D eigenvalue weighted by Crippen LogP contribution is -2.07.